The van der Waals surface area contributed by atoms with Crippen LogP contribution in [0.3, 0.4) is 0 Å². The summed E-state index contributed by atoms with van der Waals surface area (Å²) in [6.07, 6.45) is 1.50. The van der Waals surface area contributed by atoms with Gasteiger partial charge in [0, 0.05) is 31.0 Å². The van der Waals surface area contributed by atoms with E-state index in [9.17, 15) is 4.39 Å². The van der Waals surface area contributed by atoms with Crippen LogP contribution in [-0.2, 0) is 0 Å². The lowest BCUT2D eigenvalue weighted by molar-refractivity contribution is 0.329. The predicted molar refractivity (Wildman–Crippen MR) is 61.5 cm³/mol. The SMILES string of the molecule is CC(N(C)c1ccnc(F)c1)C(C)(C)C. The highest BCUT2D eigenvalue weighted by Crippen LogP contribution is 2.26. The van der Waals surface area contributed by atoms with E-state index in [-0.39, 0.29) is 5.41 Å². The van der Waals surface area contributed by atoms with E-state index in [0.29, 0.717) is 6.04 Å². The molecule has 1 heterocycles. The summed E-state index contributed by atoms with van der Waals surface area (Å²) in [5.74, 6) is -0.430. The molecule has 0 saturated heterocycles. The molecule has 0 aromatic carbocycles. The van der Waals surface area contributed by atoms with E-state index in [0.717, 1.165) is 5.69 Å². The van der Waals surface area contributed by atoms with Gasteiger partial charge in [0.1, 0.15) is 0 Å². The van der Waals surface area contributed by atoms with Gasteiger partial charge in [0.25, 0.3) is 0 Å². The molecule has 15 heavy (non-hydrogen) atoms. The summed E-state index contributed by atoms with van der Waals surface area (Å²) in [4.78, 5) is 5.62. The van der Waals surface area contributed by atoms with Gasteiger partial charge in [0.2, 0.25) is 5.95 Å². The highest BCUT2D eigenvalue weighted by molar-refractivity contribution is 5.45. The van der Waals surface area contributed by atoms with E-state index < -0.39 is 5.95 Å². The standard InChI is InChI=1S/C12H19FN2/c1-9(12(2,3)4)15(5)10-6-7-14-11(13)8-10/h6-9H,1-5H3. The van der Waals surface area contributed by atoms with Gasteiger partial charge < -0.3 is 4.90 Å². The van der Waals surface area contributed by atoms with Crippen LogP contribution >= 0.6 is 0 Å². The Morgan fingerprint density at radius 2 is 2.00 bits per heavy atom. The minimum absolute atomic E-state index is 0.161. The van der Waals surface area contributed by atoms with Crippen molar-refractivity contribution in [1.82, 2.24) is 4.98 Å². The zero-order valence-electron chi connectivity index (χ0n) is 10.1. The van der Waals surface area contributed by atoms with Crippen LogP contribution in [0.4, 0.5) is 10.1 Å². The van der Waals surface area contributed by atoms with Crippen LogP contribution in [0.2, 0.25) is 0 Å². The van der Waals surface area contributed by atoms with E-state index in [4.69, 9.17) is 0 Å². The van der Waals surface area contributed by atoms with Gasteiger partial charge in [-0.2, -0.15) is 4.39 Å². The van der Waals surface area contributed by atoms with E-state index in [1.165, 1.54) is 12.3 Å². The van der Waals surface area contributed by atoms with E-state index in [2.05, 4.69) is 37.6 Å². The number of aromatic nitrogens is 1. The molecule has 1 atom stereocenters. The molecular formula is C12H19FN2. The number of hydrogen-bond acceptors (Lipinski definition) is 2. The van der Waals surface area contributed by atoms with Gasteiger partial charge in [-0.1, -0.05) is 20.8 Å². The minimum Gasteiger partial charge on any atom is -0.371 e. The van der Waals surface area contributed by atoms with E-state index >= 15 is 0 Å². The van der Waals surface area contributed by atoms with Crippen LogP contribution in [0.25, 0.3) is 0 Å². The Morgan fingerprint density at radius 1 is 1.40 bits per heavy atom. The largest absolute Gasteiger partial charge is 0.371 e. The van der Waals surface area contributed by atoms with E-state index in [1.807, 2.05) is 13.1 Å². The molecule has 0 amide bonds. The first-order valence-corrected chi connectivity index (χ1v) is 5.17. The number of halogens is 1. The van der Waals surface area contributed by atoms with Crippen molar-refractivity contribution in [1.29, 1.82) is 0 Å². The lowest BCUT2D eigenvalue weighted by Gasteiger charge is -2.36. The molecule has 1 aromatic heterocycles. The molecule has 0 aliphatic carbocycles. The Hall–Kier alpha value is -1.12. The summed E-state index contributed by atoms with van der Waals surface area (Å²) in [6.45, 7) is 8.65. The molecule has 0 fully saturated rings. The summed E-state index contributed by atoms with van der Waals surface area (Å²) in [6, 6.07) is 3.62. The molecule has 0 aliphatic rings. The van der Waals surface area contributed by atoms with Gasteiger partial charge in [-0.05, 0) is 18.4 Å². The Morgan fingerprint density at radius 3 is 2.47 bits per heavy atom. The van der Waals surface area contributed by atoms with Crippen molar-refractivity contribution >= 4 is 5.69 Å². The van der Waals surface area contributed by atoms with Gasteiger partial charge in [-0.15, -0.1) is 0 Å². The molecule has 1 aromatic rings. The van der Waals surface area contributed by atoms with Crippen molar-refractivity contribution < 1.29 is 4.39 Å². The third-order valence-corrected chi connectivity index (χ3v) is 2.95. The molecule has 0 bridgehead atoms. The van der Waals surface area contributed by atoms with Crippen LogP contribution in [0.1, 0.15) is 27.7 Å². The monoisotopic (exact) mass is 210 g/mol. The third-order valence-electron chi connectivity index (χ3n) is 2.95. The van der Waals surface area contributed by atoms with Gasteiger partial charge in [0.05, 0.1) is 0 Å². The lowest BCUT2D eigenvalue weighted by Crippen LogP contribution is -2.39. The topological polar surface area (TPSA) is 16.1 Å². The van der Waals surface area contributed by atoms with Crippen molar-refractivity contribution in [2.45, 2.75) is 33.7 Å². The molecule has 0 saturated carbocycles. The van der Waals surface area contributed by atoms with Crippen LogP contribution < -0.4 is 4.90 Å². The fourth-order valence-corrected chi connectivity index (χ4v) is 1.42. The summed E-state index contributed by atoms with van der Waals surface area (Å²) in [5.41, 5.74) is 1.03. The Bertz CT molecular complexity index is 331. The Kier molecular flexibility index (Phi) is 3.32. The molecular weight excluding hydrogens is 191 g/mol. The van der Waals surface area contributed by atoms with Gasteiger partial charge in [0.15, 0.2) is 0 Å². The van der Waals surface area contributed by atoms with Crippen molar-refractivity contribution in [2.24, 2.45) is 5.41 Å². The summed E-state index contributed by atoms with van der Waals surface area (Å²) >= 11 is 0. The first kappa shape index (κ1) is 12.0. The van der Waals surface area contributed by atoms with Crippen molar-refractivity contribution in [3.63, 3.8) is 0 Å². The van der Waals surface area contributed by atoms with Gasteiger partial charge >= 0.3 is 0 Å². The Balaban J connectivity index is 2.90. The molecule has 0 N–H and O–H groups in total. The average Bonchev–Trinajstić information content (AvgIpc) is 2.14. The second kappa shape index (κ2) is 4.17. The molecule has 0 spiro atoms. The lowest BCUT2D eigenvalue weighted by atomic mass is 9.87. The summed E-state index contributed by atoms with van der Waals surface area (Å²) in [7, 11) is 1.98. The highest BCUT2D eigenvalue weighted by Gasteiger charge is 2.24. The van der Waals surface area contributed by atoms with Crippen LogP contribution in [0.15, 0.2) is 18.3 Å². The predicted octanol–water partition coefficient (Wildman–Crippen LogP) is 3.09. The van der Waals surface area contributed by atoms with Crippen LogP contribution in [0.5, 0.6) is 0 Å². The quantitative estimate of drug-likeness (QED) is 0.697. The molecule has 0 radical (unpaired) electrons. The zero-order chi connectivity index (χ0) is 11.6. The fraction of sp³-hybridized carbons (Fsp3) is 0.583. The first-order valence-electron chi connectivity index (χ1n) is 5.17. The maximum Gasteiger partial charge on any atom is 0.214 e. The molecule has 2 nitrogen and oxygen atoms in total. The number of rotatable bonds is 2. The third kappa shape index (κ3) is 2.91. The number of hydrogen-bond donors (Lipinski definition) is 0. The molecule has 3 heteroatoms. The summed E-state index contributed by atoms with van der Waals surface area (Å²) in [5, 5.41) is 0. The molecule has 1 rings (SSSR count). The van der Waals surface area contributed by atoms with Gasteiger partial charge in [-0.3, -0.25) is 0 Å². The van der Waals surface area contributed by atoms with Crippen LogP contribution in [0, 0.1) is 11.4 Å². The fourth-order valence-electron chi connectivity index (χ4n) is 1.42. The number of pyridine rings is 1. The number of nitrogens with zero attached hydrogens (tertiary/aromatic N) is 2. The second-order valence-corrected chi connectivity index (χ2v) is 4.99. The first-order chi connectivity index (χ1) is 6.82. The second-order valence-electron chi connectivity index (χ2n) is 4.99. The van der Waals surface area contributed by atoms with Crippen molar-refractivity contribution in [3.8, 4) is 0 Å². The smallest absolute Gasteiger partial charge is 0.214 e. The van der Waals surface area contributed by atoms with Crippen molar-refractivity contribution in [3.05, 3.63) is 24.3 Å². The highest BCUT2D eigenvalue weighted by atomic mass is 19.1. The van der Waals surface area contributed by atoms with Crippen LogP contribution in [-0.4, -0.2) is 18.1 Å². The normalized spacial score (nSPS) is 13.7. The molecule has 0 aliphatic heterocycles. The maximum absolute atomic E-state index is 12.9. The van der Waals surface area contributed by atoms with Crippen molar-refractivity contribution in [2.75, 3.05) is 11.9 Å². The van der Waals surface area contributed by atoms with Gasteiger partial charge in [-0.25, -0.2) is 4.98 Å². The molecule has 84 valence electrons. The average molecular weight is 210 g/mol. The minimum atomic E-state index is -0.430. The van der Waals surface area contributed by atoms with E-state index in [1.54, 1.807) is 0 Å². The zero-order valence-corrected chi connectivity index (χ0v) is 10.1. The summed E-state index contributed by atoms with van der Waals surface area (Å²) < 4.78 is 12.9. The number of anilines is 1. The Labute approximate surface area is 91.1 Å². The maximum atomic E-state index is 12.9. The molecule has 1 unspecified atom stereocenters.